The summed E-state index contributed by atoms with van der Waals surface area (Å²) in [5.74, 6) is 0.187. The van der Waals surface area contributed by atoms with Crippen molar-refractivity contribution < 1.29 is 27.4 Å². The van der Waals surface area contributed by atoms with Gasteiger partial charge in [0, 0.05) is 26.3 Å². The molecule has 140 valence electrons. The van der Waals surface area contributed by atoms with Crippen LogP contribution in [-0.2, 0) is 19.6 Å². The van der Waals surface area contributed by atoms with Crippen LogP contribution in [0.25, 0.3) is 0 Å². The fourth-order valence-electron chi connectivity index (χ4n) is 2.53. The SMILES string of the molecule is COc1ccc(OC)c(S(=O)(=O)N(C)CC(=O)NC[C@@H]2CCCO2)c1. The lowest BCUT2D eigenvalue weighted by Crippen LogP contribution is -2.40. The zero-order valence-corrected chi connectivity index (χ0v) is 15.5. The second-order valence-electron chi connectivity index (χ2n) is 5.72. The van der Waals surface area contributed by atoms with Crippen molar-refractivity contribution in [2.45, 2.75) is 23.8 Å². The number of methoxy groups -OCH3 is 2. The second kappa shape index (κ2) is 8.50. The highest BCUT2D eigenvalue weighted by molar-refractivity contribution is 7.89. The lowest BCUT2D eigenvalue weighted by molar-refractivity contribution is -0.121. The van der Waals surface area contributed by atoms with E-state index in [0.29, 0.717) is 18.9 Å². The van der Waals surface area contributed by atoms with E-state index < -0.39 is 10.0 Å². The van der Waals surface area contributed by atoms with Crippen molar-refractivity contribution in [1.29, 1.82) is 0 Å². The van der Waals surface area contributed by atoms with Crippen LogP contribution in [0.1, 0.15) is 12.8 Å². The van der Waals surface area contributed by atoms with E-state index in [0.717, 1.165) is 17.1 Å². The molecule has 1 saturated heterocycles. The van der Waals surface area contributed by atoms with Crippen molar-refractivity contribution in [2.24, 2.45) is 0 Å². The van der Waals surface area contributed by atoms with Gasteiger partial charge in [-0.1, -0.05) is 0 Å². The normalized spacial score (nSPS) is 17.5. The minimum atomic E-state index is -3.91. The standard InChI is InChI=1S/C16H24N2O6S/c1-18(11-16(19)17-10-13-5-4-8-24-13)25(20,21)15-9-12(22-2)6-7-14(15)23-3/h6-7,9,13H,4-5,8,10-11H2,1-3H3,(H,17,19)/t13-/m0/s1. The number of hydrogen-bond acceptors (Lipinski definition) is 6. The molecule has 0 bridgehead atoms. The van der Waals surface area contributed by atoms with Gasteiger partial charge in [-0.05, 0) is 25.0 Å². The molecular formula is C16H24N2O6S. The molecule has 2 rings (SSSR count). The van der Waals surface area contributed by atoms with Gasteiger partial charge in [0.1, 0.15) is 16.4 Å². The van der Waals surface area contributed by atoms with E-state index in [9.17, 15) is 13.2 Å². The lowest BCUT2D eigenvalue weighted by atomic mass is 10.2. The Morgan fingerprint density at radius 2 is 2.12 bits per heavy atom. The zero-order chi connectivity index (χ0) is 18.4. The largest absolute Gasteiger partial charge is 0.497 e. The van der Waals surface area contributed by atoms with Gasteiger partial charge in [0.15, 0.2) is 0 Å². The zero-order valence-electron chi connectivity index (χ0n) is 14.6. The first-order chi connectivity index (χ1) is 11.9. The van der Waals surface area contributed by atoms with Gasteiger partial charge in [0.05, 0.1) is 26.9 Å². The van der Waals surface area contributed by atoms with Crippen molar-refractivity contribution >= 4 is 15.9 Å². The molecule has 8 nitrogen and oxygen atoms in total. The summed E-state index contributed by atoms with van der Waals surface area (Å²) in [6.45, 7) is 0.787. The van der Waals surface area contributed by atoms with Gasteiger partial charge < -0.3 is 19.5 Å². The van der Waals surface area contributed by atoms with Gasteiger partial charge in [0.25, 0.3) is 0 Å². The Hall–Kier alpha value is -1.84. The Morgan fingerprint density at radius 1 is 1.36 bits per heavy atom. The molecule has 25 heavy (non-hydrogen) atoms. The summed E-state index contributed by atoms with van der Waals surface area (Å²) in [7, 11) is 0.266. The molecule has 1 amide bonds. The maximum Gasteiger partial charge on any atom is 0.247 e. The van der Waals surface area contributed by atoms with Crippen LogP contribution in [0.3, 0.4) is 0 Å². The summed E-state index contributed by atoms with van der Waals surface area (Å²) in [5.41, 5.74) is 0. The summed E-state index contributed by atoms with van der Waals surface area (Å²) in [6, 6.07) is 4.48. The minimum Gasteiger partial charge on any atom is -0.497 e. The molecule has 1 fully saturated rings. The lowest BCUT2D eigenvalue weighted by Gasteiger charge is -2.19. The molecule has 1 heterocycles. The topological polar surface area (TPSA) is 94.2 Å². The second-order valence-corrected chi connectivity index (χ2v) is 7.73. The van der Waals surface area contributed by atoms with Crippen LogP contribution in [0.15, 0.2) is 23.1 Å². The first-order valence-corrected chi connectivity index (χ1v) is 9.39. The quantitative estimate of drug-likeness (QED) is 0.719. The first kappa shape index (κ1) is 19.5. The Bertz CT molecular complexity index is 701. The molecule has 1 aromatic carbocycles. The van der Waals surface area contributed by atoms with Gasteiger partial charge >= 0.3 is 0 Å². The number of hydrogen-bond donors (Lipinski definition) is 1. The highest BCUT2D eigenvalue weighted by Gasteiger charge is 2.27. The minimum absolute atomic E-state index is 0.00402. The van der Waals surface area contributed by atoms with Gasteiger partial charge in [-0.15, -0.1) is 0 Å². The third-order valence-corrected chi connectivity index (χ3v) is 5.80. The average molecular weight is 372 g/mol. The Kier molecular flexibility index (Phi) is 6.63. The molecule has 0 spiro atoms. The Balaban J connectivity index is 2.06. The Labute approximate surface area is 148 Å². The summed E-state index contributed by atoms with van der Waals surface area (Å²) >= 11 is 0. The van der Waals surface area contributed by atoms with Crippen molar-refractivity contribution in [2.75, 3.05) is 41.0 Å². The monoisotopic (exact) mass is 372 g/mol. The van der Waals surface area contributed by atoms with E-state index in [4.69, 9.17) is 14.2 Å². The summed E-state index contributed by atoms with van der Waals surface area (Å²) in [4.78, 5) is 12.0. The molecule has 1 aliphatic rings. The number of nitrogens with zero attached hydrogens (tertiary/aromatic N) is 1. The Morgan fingerprint density at radius 3 is 2.72 bits per heavy atom. The molecule has 0 aromatic heterocycles. The van der Waals surface area contributed by atoms with Crippen LogP contribution < -0.4 is 14.8 Å². The summed E-state index contributed by atoms with van der Waals surface area (Å²) < 4.78 is 42.1. The number of benzene rings is 1. The maximum absolute atomic E-state index is 12.8. The fraction of sp³-hybridized carbons (Fsp3) is 0.562. The van der Waals surface area contributed by atoms with E-state index in [1.807, 2.05) is 0 Å². The number of sulfonamides is 1. The highest BCUT2D eigenvalue weighted by Crippen LogP contribution is 2.30. The van der Waals surface area contributed by atoms with Crippen LogP contribution in [0.5, 0.6) is 11.5 Å². The number of carbonyl (C=O) groups excluding carboxylic acids is 1. The smallest absolute Gasteiger partial charge is 0.247 e. The third-order valence-electron chi connectivity index (χ3n) is 3.98. The number of nitrogens with one attached hydrogen (secondary N) is 1. The summed E-state index contributed by atoms with van der Waals surface area (Å²) in [5, 5.41) is 2.70. The van der Waals surface area contributed by atoms with Gasteiger partial charge in [0.2, 0.25) is 15.9 Å². The number of ether oxygens (including phenoxy) is 3. The highest BCUT2D eigenvalue weighted by atomic mass is 32.2. The van der Waals surface area contributed by atoms with E-state index in [1.165, 1.54) is 33.4 Å². The average Bonchev–Trinajstić information content (AvgIpc) is 3.12. The van der Waals surface area contributed by atoms with E-state index in [-0.39, 0.29) is 29.2 Å². The van der Waals surface area contributed by atoms with E-state index in [2.05, 4.69) is 5.32 Å². The number of likely N-dealkylation sites (N-methyl/N-ethyl adjacent to an activating group) is 1. The van der Waals surface area contributed by atoms with Crippen LogP contribution in [-0.4, -0.2) is 65.7 Å². The molecule has 1 N–H and O–H groups in total. The third kappa shape index (κ3) is 4.83. The predicted octanol–water partition coefficient (Wildman–Crippen LogP) is 0.620. The van der Waals surface area contributed by atoms with Crippen LogP contribution >= 0.6 is 0 Å². The summed E-state index contributed by atoms with van der Waals surface area (Å²) in [6.07, 6.45) is 1.88. The molecule has 0 radical (unpaired) electrons. The van der Waals surface area contributed by atoms with E-state index in [1.54, 1.807) is 6.07 Å². The van der Waals surface area contributed by atoms with Crippen molar-refractivity contribution in [3.63, 3.8) is 0 Å². The molecule has 1 aromatic rings. The number of carbonyl (C=O) groups is 1. The van der Waals surface area contributed by atoms with E-state index >= 15 is 0 Å². The molecule has 9 heteroatoms. The van der Waals surface area contributed by atoms with Crippen LogP contribution in [0, 0.1) is 0 Å². The molecule has 0 saturated carbocycles. The van der Waals surface area contributed by atoms with Gasteiger partial charge in [-0.25, -0.2) is 8.42 Å². The van der Waals surface area contributed by atoms with Gasteiger partial charge in [-0.3, -0.25) is 4.79 Å². The fourth-order valence-corrected chi connectivity index (χ4v) is 3.82. The molecule has 0 aliphatic carbocycles. The predicted molar refractivity (Wildman–Crippen MR) is 91.3 cm³/mol. The van der Waals surface area contributed by atoms with Crippen LogP contribution in [0.4, 0.5) is 0 Å². The van der Waals surface area contributed by atoms with Crippen molar-refractivity contribution in [3.05, 3.63) is 18.2 Å². The molecule has 0 unspecified atom stereocenters. The van der Waals surface area contributed by atoms with Crippen LogP contribution in [0.2, 0.25) is 0 Å². The first-order valence-electron chi connectivity index (χ1n) is 7.95. The number of amides is 1. The van der Waals surface area contributed by atoms with Crippen molar-refractivity contribution in [1.82, 2.24) is 9.62 Å². The van der Waals surface area contributed by atoms with Gasteiger partial charge in [-0.2, -0.15) is 4.31 Å². The molecular weight excluding hydrogens is 348 g/mol. The number of rotatable bonds is 8. The van der Waals surface area contributed by atoms with Crippen molar-refractivity contribution in [3.8, 4) is 11.5 Å². The molecule has 1 aliphatic heterocycles. The maximum atomic E-state index is 12.8. The molecule has 1 atom stereocenters.